The number of nitrogens with one attached hydrogen (secondary N) is 1. The minimum Gasteiger partial charge on any atom is -0.374 e. The summed E-state index contributed by atoms with van der Waals surface area (Å²) in [4.78, 5) is 13.8. The Hall–Kier alpha value is -2.29. The molecule has 84 valence electrons. The molecule has 2 aromatic rings. The van der Waals surface area contributed by atoms with Crippen LogP contribution in [0.25, 0.3) is 0 Å². The monoisotopic (exact) mass is 224 g/mol. The maximum atomic E-state index is 12.0. The number of benzene rings is 2. The number of carbonyl (C=O) groups is 1. The molecule has 3 rings (SSSR count). The molecule has 0 saturated heterocycles. The normalized spacial score (nSPS) is 14.1. The Balaban J connectivity index is 2.13. The van der Waals surface area contributed by atoms with E-state index >= 15 is 0 Å². The van der Waals surface area contributed by atoms with Crippen molar-refractivity contribution >= 4 is 23.0 Å². The van der Waals surface area contributed by atoms with Crippen LogP contribution in [0.15, 0.2) is 54.6 Å². The molecule has 0 fully saturated rings. The summed E-state index contributed by atoms with van der Waals surface area (Å²) in [5, 5.41) is 3.12. The zero-order valence-corrected chi connectivity index (χ0v) is 9.26. The van der Waals surface area contributed by atoms with Crippen LogP contribution in [-0.2, 0) is 4.79 Å². The van der Waals surface area contributed by atoms with E-state index in [1.807, 2.05) is 54.6 Å². The maximum absolute atomic E-state index is 12.0. The molecular weight excluding hydrogens is 212 g/mol. The smallest absolute Gasteiger partial charge is 0.250 e. The van der Waals surface area contributed by atoms with E-state index in [2.05, 4.69) is 5.32 Å². The molecule has 0 saturated carbocycles. The first-order chi connectivity index (χ1) is 8.36. The van der Waals surface area contributed by atoms with E-state index < -0.39 is 0 Å². The Bertz CT molecular complexity index is 551. The standard InChI is InChI=1S/C14H12N2O/c17-14-10-15-12-8-4-5-9-13(12)16(14)11-6-2-1-3-7-11/h1-9,15H,10H2. The molecule has 0 atom stereocenters. The second-order valence-corrected chi connectivity index (χ2v) is 3.94. The molecule has 3 heteroatoms. The highest BCUT2D eigenvalue weighted by atomic mass is 16.2. The van der Waals surface area contributed by atoms with Crippen molar-refractivity contribution in [1.29, 1.82) is 0 Å². The van der Waals surface area contributed by atoms with Gasteiger partial charge in [-0.25, -0.2) is 0 Å². The van der Waals surface area contributed by atoms with Gasteiger partial charge in [0.2, 0.25) is 0 Å². The Morgan fingerprint density at radius 2 is 1.65 bits per heavy atom. The van der Waals surface area contributed by atoms with Crippen LogP contribution in [0.4, 0.5) is 17.1 Å². The van der Waals surface area contributed by atoms with Crippen molar-refractivity contribution in [3.8, 4) is 0 Å². The van der Waals surface area contributed by atoms with Crippen molar-refractivity contribution in [2.45, 2.75) is 0 Å². The quantitative estimate of drug-likeness (QED) is 0.807. The van der Waals surface area contributed by atoms with Crippen molar-refractivity contribution in [1.82, 2.24) is 0 Å². The molecular formula is C14H12N2O. The number of anilines is 3. The molecule has 17 heavy (non-hydrogen) atoms. The maximum Gasteiger partial charge on any atom is 0.250 e. The van der Waals surface area contributed by atoms with Crippen LogP contribution >= 0.6 is 0 Å². The first-order valence-electron chi connectivity index (χ1n) is 5.57. The number of rotatable bonds is 1. The Labute approximate surface area is 99.7 Å². The first kappa shape index (κ1) is 9.90. The third-order valence-electron chi connectivity index (χ3n) is 2.84. The van der Waals surface area contributed by atoms with E-state index in [1.165, 1.54) is 0 Å². The lowest BCUT2D eigenvalue weighted by Crippen LogP contribution is -2.36. The highest BCUT2D eigenvalue weighted by Gasteiger charge is 2.24. The molecule has 0 radical (unpaired) electrons. The fourth-order valence-electron chi connectivity index (χ4n) is 2.06. The van der Waals surface area contributed by atoms with Crippen molar-refractivity contribution in [3.05, 3.63) is 54.6 Å². The summed E-state index contributed by atoms with van der Waals surface area (Å²) in [6.07, 6.45) is 0. The number of carbonyl (C=O) groups excluding carboxylic acids is 1. The van der Waals surface area contributed by atoms with E-state index in [-0.39, 0.29) is 5.91 Å². The van der Waals surface area contributed by atoms with Gasteiger partial charge in [0.15, 0.2) is 0 Å². The molecule has 0 spiro atoms. The number of para-hydroxylation sites is 3. The van der Waals surface area contributed by atoms with Gasteiger partial charge in [-0.1, -0.05) is 30.3 Å². The van der Waals surface area contributed by atoms with Gasteiger partial charge in [0.25, 0.3) is 5.91 Å². The van der Waals surface area contributed by atoms with Gasteiger partial charge in [-0.05, 0) is 24.3 Å². The van der Waals surface area contributed by atoms with Gasteiger partial charge in [0, 0.05) is 5.69 Å². The minimum absolute atomic E-state index is 0.0647. The molecule has 0 unspecified atom stereocenters. The summed E-state index contributed by atoms with van der Waals surface area (Å²) in [7, 11) is 0. The average Bonchev–Trinajstić information content (AvgIpc) is 2.39. The van der Waals surface area contributed by atoms with Crippen LogP contribution in [0.5, 0.6) is 0 Å². The van der Waals surface area contributed by atoms with Crippen molar-refractivity contribution < 1.29 is 4.79 Å². The first-order valence-corrected chi connectivity index (χ1v) is 5.57. The third-order valence-corrected chi connectivity index (χ3v) is 2.84. The SMILES string of the molecule is O=C1CNc2ccccc2N1c1ccccc1. The fraction of sp³-hybridized carbons (Fsp3) is 0.0714. The summed E-state index contributed by atoms with van der Waals surface area (Å²) in [5.74, 6) is 0.0647. The predicted octanol–water partition coefficient (Wildman–Crippen LogP) is 2.78. The van der Waals surface area contributed by atoms with Crippen LogP contribution in [0.1, 0.15) is 0 Å². The van der Waals surface area contributed by atoms with Gasteiger partial charge in [-0.2, -0.15) is 0 Å². The van der Waals surface area contributed by atoms with Gasteiger partial charge in [0.1, 0.15) is 0 Å². The Morgan fingerprint density at radius 1 is 0.941 bits per heavy atom. The van der Waals surface area contributed by atoms with Crippen molar-refractivity contribution in [2.24, 2.45) is 0 Å². The largest absolute Gasteiger partial charge is 0.374 e. The van der Waals surface area contributed by atoms with E-state index in [4.69, 9.17) is 0 Å². The third kappa shape index (κ3) is 1.65. The lowest BCUT2D eigenvalue weighted by Gasteiger charge is -2.30. The van der Waals surface area contributed by atoms with Gasteiger partial charge >= 0.3 is 0 Å². The zero-order chi connectivity index (χ0) is 11.7. The summed E-state index contributed by atoms with van der Waals surface area (Å²) in [6.45, 7) is 0.339. The van der Waals surface area contributed by atoms with E-state index in [9.17, 15) is 4.79 Å². The number of amides is 1. The van der Waals surface area contributed by atoms with Gasteiger partial charge in [-0.15, -0.1) is 0 Å². The summed E-state index contributed by atoms with van der Waals surface area (Å²) in [6, 6.07) is 17.5. The van der Waals surface area contributed by atoms with E-state index in [1.54, 1.807) is 4.90 Å². The lowest BCUT2D eigenvalue weighted by molar-refractivity contribution is -0.116. The highest BCUT2D eigenvalue weighted by Crippen LogP contribution is 2.34. The Kier molecular flexibility index (Phi) is 2.29. The Morgan fingerprint density at radius 3 is 2.47 bits per heavy atom. The molecule has 2 aromatic carbocycles. The molecule has 3 nitrogen and oxygen atoms in total. The number of hydrogen-bond acceptors (Lipinski definition) is 2. The van der Waals surface area contributed by atoms with Gasteiger partial charge < -0.3 is 5.32 Å². The molecule has 1 heterocycles. The van der Waals surface area contributed by atoms with Crippen LogP contribution < -0.4 is 10.2 Å². The molecule has 1 amide bonds. The molecule has 1 aliphatic heterocycles. The molecule has 0 aliphatic carbocycles. The minimum atomic E-state index is 0.0647. The van der Waals surface area contributed by atoms with Crippen molar-refractivity contribution in [2.75, 3.05) is 16.8 Å². The zero-order valence-electron chi connectivity index (χ0n) is 9.26. The molecule has 0 aromatic heterocycles. The number of hydrogen-bond donors (Lipinski definition) is 1. The molecule has 1 N–H and O–H groups in total. The second kappa shape index (κ2) is 3.94. The van der Waals surface area contributed by atoms with Crippen LogP contribution in [0.2, 0.25) is 0 Å². The van der Waals surface area contributed by atoms with E-state index in [0.29, 0.717) is 6.54 Å². The number of fused-ring (bicyclic) bond motifs is 1. The molecule has 1 aliphatic rings. The summed E-state index contributed by atoms with van der Waals surface area (Å²) < 4.78 is 0. The van der Waals surface area contributed by atoms with Crippen LogP contribution in [0.3, 0.4) is 0 Å². The second-order valence-electron chi connectivity index (χ2n) is 3.94. The van der Waals surface area contributed by atoms with Crippen LogP contribution in [-0.4, -0.2) is 12.5 Å². The topological polar surface area (TPSA) is 32.3 Å². The van der Waals surface area contributed by atoms with Gasteiger partial charge in [0.05, 0.1) is 17.9 Å². The van der Waals surface area contributed by atoms with E-state index in [0.717, 1.165) is 17.1 Å². The molecule has 0 bridgehead atoms. The highest BCUT2D eigenvalue weighted by molar-refractivity contribution is 6.08. The van der Waals surface area contributed by atoms with Crippen LogP contribution in [0, 0.1) is 0 Å². The fourth-order valence-corrected chi connectivity index (χ4v) is 2.06. The van der Waals surface area contributed by atoms with Gasteiger partial charge in [-0.3, -0.25) is 9.69 Å². The summed E-state index contributed by atoms with van der Waals surface area (Å²) >= 11 is 0. The lowest BCUT2D eigenvalue weighted by atomic mass is 10.1. The summed E-state index contributed by atoms with van der Waals surface area (Å²) in [5.41, 5.74) is 2.82. The van der Waals surface area contributed by atoms with Crippen molar-refractivity contribution in [3.63, 3.8) is 0 Å². The number of nitrogens with zero attached hydrogens (tertiary/aromatic N) is 1. The predicted molar refractivity (Wildman–Crippen MR) is 68.5 cm³/mol. The average molecular weight is 224 g/mol.